The fourth-order valence-electron chi connectivity index (χ4n) is 3.18. The third-order valence-electron chi connectivity index (χ3n) is 4.69. The fourth-order valence-corrected chi connectivity index (χ4v) is 6.26. The van der Waals surface area contributed by atoms with Crippen LogP contribution in [0.25, 0.3) is 11.2 Å². The third-order valence-corrected chi connectivity index (χ3v) is 8.48. The van der Waals surface area contributed by atoms with Gasteiger partial charge in [0.05, 0.1) is 12.9 Å². The lowest BCUT2D eigenvalue weighted by Gasteiger charge is -2.30. The SMILES string of the molecule is CC[C@]1(COP(=O)(O)OP(=O)(O)OP(=O)(O)O)O[C@@H](n2cnc3c(N)nc(N)nc32)[C@H](F)[C@@H]1O. The zero-order chi connectivity index (χ0) is 25.7. The molecule has 3 rings (SSSR count). The van der Waals surface area contributed by atoms with Gasteiger partial charge in [-0.25, -0.2) is 23.1 Å². The first-order chi connectivity index (χ1) is 15.5. The topological polar surface area (TPSA) is 285 Å². The van der Waals surface area contributed by atoms with Crippen LogP contribution in [0.3, 0.4) is 0 Å². The van der Waals surface area contributed by atoms with E-state index in [0.717, 1.165) is 10.9 Å². The van der Waals surface area contributed by atoms with Crippen LogP contribution in [0.4, 0.5) is 16.2 Å². The molecule has 2 aromatic rings. The summed E-state index contributed by atoms with van der Waals surface area (Å²) in [7, 11) is -16.9. The van der Waals surface area contributed by atoms with Crippen molar-refractivity contribution in [3.05, 3.63) is 6.33 Å². The summed E-state index contributed by atoms with van der Waals surface area (Å²) < 4.78 is 67.7. The Labute approximate surface area is 189 Å². The monoisotopic (exact) mass is 552 g/mol. The van der Waals surface area contributed by atoms with E-state index in [1.165, 1.54) is 6.92 Å². The molecule has 2 aromatic heterocycles. The number of imidazole rings is 1. The van der Waals surface area contributed by atoms with Crippen LogP contribution in [-0.2, 0) is 31.6 Å². The molecule has 0 radical (unpaired) electrons. The summed E-state index contributed by atoms with van der Waals surface area (Å²) in [5.74, 6) is -0.361. The highest BCUT2D eigenvalue weighted by atomic mass is 31.3. The Morgan fingerprint density at radius 2 is 1.82 bits per heavy atom. The maximum atomic E-state index is 15.1. The number of phosphoric ester groups is 1. The average molecular weight is 552 g/mol. The van der Waals surface area contributed by atoms with E-state index in [1.807, 2.05) is 0 Å². The zero-order valence-corrected chi connectivity index (χ0v) is 19.7. The number of anilines is 2. The number of alkyl halides is 1. The molecule has 3 heterocycles. The Morgan fingerprint density at radius 1 is 1.18 bits per heavy atom. The molecule has 1 aliphatic rings. The van der Waals surface area contributed by atoms with Crippen molar-refractivity contribution in [3.8, 4) is 0 Å². The largest absolute Gasteiger partial charge is 0.490 e. The lowest BCUT2D eigenvalue weighted by molar-refractivity contribution is -0.126. The van der Waals surface area contributed by atoms with Gasteiger partial charge in [-0.05, 0) is 6.42 Å². The highest BCUT2D eigenvalue weighted by Gasteiger charge is 2.56. The van der Waals surface area contributed by atoms with Gasteiger partial charge in [0.2, 0.25) is 5.95 Å². The first-order valence-corrected chi connectivity index (χ1v) is 13.5. The molecule has 0 saturated carbocycles. The van der Waals surface area contributed by atoms with Crippen molar-refractivity contribution in [1.82, 2.24) is 19.5 Å². The Balaban J connectivity index is 1.83. The molecule has 34 heavy (non-hydrogen) atoms. The number of fused-ring (bicyclic) bond motifs is 1. The molecule has 0 spiro atoms. The normalized spacial score (nSPS) is 29.2. The maximum Gasteiger partial charge on any atom is 0.490 e. The Morgan fingerprint density at radius 3 is 2.41 bits per heavy atom. The molecule has 1 aliphatic heterocycles. The number of nitrogen functional groups attached to an aromatic ring is 2. The predicted octanol–water partition coefficient (Wildman–Crippen LogP) is -0.289. The number of halogens is 1. The summed E-state index contributed by atoms with van der Waals surface area (Å²) in [5.41, 5.74) is 9.28. The predicted molar refractivity (Wildman–Crippen MR) is 108 cm³/mol. The molecule has 192 valence electrons. The summed E-state index contributed by atoms with van der Waals surface area (Å²) in [6.45, 7) is 0.333. The van der Waals surface area contributed by atoms with Crippen LogP contribution in [0, 0.1) is 0 Å². The van der Waals surface area contributed by atoms with Gasteiger partial charge in [0.1, 0.15) is 17.2 Å². The summed E-state index contributed by atoms with van der Waals surface area (Å²) in [5, 5.41) is 10.5. The number of aliphatic hydroxyl groups is 1. The van der Waals surface area contributed by atoms with Gasteiger partial charge in [0, 0.05) is 0 Å². The van der Waals surface area contributed by atoms with Gasteiger partial charge in [-0.2, -0.15) is 18.6 Å². The van der Waals surface area contributed by atoms with Gasteiger partial charge in [0.15, 0.2) is 23.9 Å². The molecular formula is C12H20FN6O12P3. The van der Waals surface area contributed by atoms with Crippen molar-refractivity contribution in [2.75, 3.05) is 18.1 Å². The van der Waals surface area contributed by atoms with Crippen LogP contribution in [0.5, 0.6) is 0 Å². The van der Waals surface area contributed by atoms with Gasteiger partial charge in [-0.3, -0.25) is 9.09 Å². The van der Waals surface area contributed by atoms with E-state index in [9.17, 15) is 28.6 Å². The van der Waals surface area contributed by atoms with E-state index < -0.39 is 54.2 Å². The van der Waals surface area contributed by atoms with Gasteiger partial charge < -0.3 is 40.9 Å². The standard InChI is InChI=1S/C12H20FN6O12P3/c1-2-12(3-28-33(24,25)31-34(26,27)30-32(21,22)23)7(20)5(13)10(29-12)19-4-16-6-8(14)17-11(15)18-9(6)19/h4-5,7,10,20H,2-3H2,1H3,(H,24,25)(H,26,27)(H2,21,22,23)(H4,14,15,17,18)/t5-,7+,10-,12-/m1/s1. The molecule has 18 nitrogen and oxygen atoms in total. The summed E-state index contributed by atoms with van der Waals surface area (Å²) >= 11 is 0. The van der Waals surface area contributed by atoms with Crippen molar-refractivity contribution in [3.63, 3.8) is 0 Å². The van der Waals surface area contributed by atoms with Crippen LogP contribution in [0.2, 0.25) is 0 Å². The van der Waals surface area contributed by atoms with E-state index >= 15 is 4.39 Å². The first-order valence-electron chi connectivity index (χ1n) is 9.03. The van der Waals surface area contributed by atoms with Crippen molar-refractivity contribution < 1.29 is 60.6 Å². The second-order valence-corrected chi connectivity index (χ2v) is 11.4. The number of nitrogens with zero attached hydrogens (tertiary/aromatic N) is 4. The van der Waals surface area contributed by atoms with E-state index in [1.54, 1.807) is 0 Å². The van der Waals surface area contributed by atoms with Gasteiger partial charge in [-0.1, -0.05) is 6.92 Å². The number of rotatable bonds is 9. The Hall–Kier alpha value is -1.59. The number of hydrogen-bond acceptors (Lipinski definition) is 13. The highest BCUT2D eigenvalue weighted by Crippen LogP contribution is 2.66. The fraction of sp³-hybridized carbons (Fsp3) is 0.583. The average Bonchev–Trinajstić information content (AvgIpc) is 3.18. The molecule has 1 fully saturated rings. The Bertz CT molecular complexity index is 1220. The number of nitrogens with two attached hydrogens (primary N) is 2. The van der Waals surface area contributed by atoms with E-state index in [2.05, 4.69) is 28.1 Å². The van der Waals surface area contributed by atoms with Crippen LogP contribution in [0.15, 0.2) is 6.33 Å². The molecule has 1 saturated heterocycles. The highest BCUT2D eigenvalue weighted by molar-refractivity contribution is 7.66. The lowest BCUT2D eigenvalue weighted by Crippen LogP contribution is -2.45. The smallest absolute Gasteiger partial charge is 0.387 e. The number of phosphoric acid groups is 3. The van der Waals surface area contributed by atoms with Gasteiger partial charge in [0.25, 0.3) is 0 Å². The summed E-state index contributed by atoms with van der Waals surface area (Å²) in [6.07, 6.45) is -4.86. The van der Waals surface area contributed by atoms with Gasteiger partial charge in [-0.15, -0.1) is 0 Å². The summed E-state index contributed by atoms with van der Waals surface area (Å²) in [6, 6.07) is 0. The maximum absolute atomic E-state index is 15.1. The minimum Gasteiger partial charge on any atom is -0.387 e. The first kappa shape index (κ1) is 27.0. The van der Waals surface area contributed by atoms with Crippen molar-refractivity contribution in [2.45, 2.75) is 37.4 Å². The molecular weight excluding hydrogens is 532 g/mol. The number of hydrogen-bond donors (Lipinski definition) is 7. The van der Waals surface area contributed by atoms with E-state index in [-0.39, 0.29) is 29.4 Å². The van der Waals surface area contributed by atoms with E-state index in [4.69, 9.17) is 26.0 Å². The van der Waals surface area contributed by atoms with E-state index in [0.29, 0.717) is 0 Å². The molecule has 0 aliphatic carbocycles. The molecule has 2 unspecified atom stereocenters. The number of aliphatic hydroxyl groups excluding tert-OH is 1. The van der Waals surface area contributed by atoms with Crippen LogP contribution in [-0.4, -0.2) is 68.7 Å². The van der Waals surface area contributed by atoms with Crippen molar-refractivity contribution in [2.24, 2.45) is 0 Å². The zero-order valence-electron chi connectivity index (χ0n) is 17.0. The quantitative estimate of drug-likeness (QED) is 0.197. The number of aromatic nitrogens is 4. The van der Waals surface area contributed by atoms with Crippen molar-refractivity contribution >= 4 is 46.4 Å². The molecule has 6 atom stereocenters. The van der Waals surface area contributed by atoms with Gasteiger partial charge >= 0.3 is 23.5 Å². The minimum absolute atomic E-state index is 0.0374. The molecule has 0 amide bonds. The van der Waals surface area contributed by atoms with Crippen LogP contribution < -0.4 is 11.5 Å². The van der Waals surface area contributed by atoms with Crippen molar-refractivity contribution in [1.29, 1.82) is 0 Å². The Kier molecular flexibility index (Phi) is 7.25. The lowest BCUT2D eigenvalue weighted by atomic mass is 9.94. The molecule has 9 N–H and O–H groups in total. The molecule has 22 heteroatoms. The second-order valence-electron chi connectivity index (χ2n) is 6.97. The van der Waals surface area contributed by atoms with Crippen LogP contribution >= 0.6 is 23.5 Å². The number of ether oxygens (including phenoxy) is 1. The molecule has 0 bridgehead atoms. The summed E-state index contributed by atoms with van der Waals surface area (Å²) in [4.78, 5) is 47.6. The second kappa shape index (κ2) is 9.13. The molecule has 0 aromatic carbocycles. The van der Waals surface area contributed by atoms with Crippen LogP contribution in [0.1, 0.15) is 19.6 Å². The minimum atomic E-state index is -5.77. The third kappa shape index (κ3) is 5.62.